The molecule has 126 valence electrons. The van der Waals surface area contributed by atoms with E-state index in [2.05, 4.69) is 28.2 Å². The summed E-state index contributed by atoms with van der Waals surface area (Å²) in [7, 11) is 1.49. The van der Waals surface area contributed by atoms with Crippen LogP contribution in [-0.2, 0) is 11.2 Å². The first-order valence-electron chi connectivity index (χ1n) is 7.41. The van der Waals surface area contributed by atoms with Gasteiger partial charge in [-0.1, -0.05) is 19.1 Å². The Labute approximate surface area is 149 Å². The number of amides is 1. The van der Waals surface area contributed by atoms with Gasteiger partial charge in [0.05, 0.1) is 7.11 Å². The molecule has 1 amide bonds. The van der Waals surface area contributed by atoms with Crippen molar-refractivity contribution in [2.24, 2.45) is 0 Å². The Morgan fingerprint density at radius 1 is 1.21 bits per heavy atom. The summed E-state index contributed by atoms with van der Waals surface area (Å²) in [6.45, 7) is 1.88. The molecule has 2 rings (SSSR count). The van der Waals surface area contributed by atoms with E-state index in [0.717, 1.165) is 6.42 Å². The number of carbonyl (C=O) groups is 2. The van der Waals surface area contributed by atoms with Crippen molar-refractivity contribution in [3.8, 4) is 11.5 Å². The molecule has 0 fully saturated rings. The highest BCUT2D eigenvalue weighted by molar-refractivity contribution is 9.10. The van der Waals surface area contributed by atoms with Crippen LogP contribution < -0.4 is 14.8 Å². The van der Waals surface area contributed by atoms with Crippen LogP contribution in [-0.4, -0.2) is 25.9 Å². The number of hydrogen-bond donors (Lipinski definition) is 1. The third-order valence-corrected chi connectivity index (χ3v) is 4.10. The number of hydrogen-bond acceptors (Lipinski definition) is 4. The number of rotatable bonds is 7. The molecule has 2 aromatic rings. The molecule has 0 aromatic heterocycles. The fourth-order valence-electron chi connectivity index (χ4n) is 2.08. The monoisotopic (exact) mass is 391 g/mol. The Bertz CT molecular complexity index is 729. The van der Waals surface area contributed by atoms with Crippen LogP contribution in [0.1, 0.15) is 22.8 Å². The standard InChI is InChI=1S/C18H18BrNO4/c1-3-12-4-6-14(7-5-12)20-18(22)11-24-17-8-13(10-21)15(19)9-16(17)23-2/h4-10H,3,11H2,1-2H3,(H,20,22). The van der Waals surface area contributed by atoms with Crippen LogP contribution in [0.15, 0.2) is 40.9 Å². The summed E-state index contributed by atoms with van der Waals surface area (Å²) in [5.74, 6) is 0.476. The van der Waals surface area contributed by atoms with Crippen LogP contribution in [0.5, 0.6) is 11.5 Å². The molecule has 2 aromatic carbocycles. The Hall–Kier alpha value is -2.34. The summed E-state index contributed by atoms with van der Waals surface area (Å²) in [5, 5.41) is 2.76. The van der Waals surface area contributed by atoms with Crippen LogP contribution in [0, 0.1) is 0 Å². The topological polar surface area (TPSA) is 64.6 Å². The van der Waals surface area contributed by atoms with Crippen molar-refractivity contribution in [2.45, 2.75) is 13.3 Å². The maximum absolute atomic E-state index is 12.0. The van der Waals surface area contributed by atoms with Gasteiger partial charge >= 0.3 is 0 Å². The lowest BCUT2D eigenvalue weighted by molar-refractivity contribution is -0.118. The van der Waals surface area contributed by atoms with Crippen molar-refractivity contribution in [2.75, 3.05) is 19.0 Å². The first-order valence-corrected chi connectivity index (χ1v) is 8.21. The zero-order valence-electron chi connectivity index (χ0n) is 13.5. The maximum atomic E-state index is 12.0. The number of methoxy groups -OCH3 is 1. The summed E-state index contributed by atoms with van der Waals surface area (Å²) in [6.07, 6.45) is 1.64. The summed E-state index contributed by atoms with van der Waals surface area (Å²) >= 11 is 3.27. The molecular formula is C18H18BrNO4. The summed E-state index contributed by atoms with van der Waals surface area (Å²) in [6, 6.07) is 10.8. The number of aryl methyl sites for hydroxylation is 1. The molecule has 0 spiro atoms. The molecule has 0 saturated heterocycles. The molecule has 0 bridgehead atoms. The normalized spacial score (nSPS) is 10.1. The van der Waals surface area contributed by atoms with Gasteiger partial charge in [0.1, 0.15) is 0 Å². The van der Waals surface area contributed by atoms with Crippen molar-refractivity contribution < 1.29 is 19.1 Å². The molecule has 0 aliphatic carbocycles. The lowest BCUT2D eigenvalue weighted by Gasteiger charge is -2.12. The number of halogens is 1. The Balaban J connectivity index is 2.01. The van der Waals surface area contributed by atoms with Gasteiger partial charge in [0.2, 0.25) is 0 Å². The smallest absolute Gasteiger partial charge is 0.262 e. The van der Waals surface area contributed by atoms with Gasteiger partial charge in [0.15, 0.2) is 24.4 Å². The van der Waals surface area contributed by atoms with Crippen molar-refractivity contribution in [1.29, 1.82) is 0 Å². The number of aldehydes is 1. The molecule has 5 nitrogen and oxygen atoms in total. The average Bonchev–Trinajstić information content (AvgIpc) is 2.60. The minimum atomic E-state index is -0.295. The first kappa shape index (κ1) is 18.0. The number of ether oxygens (including phenoxy) is 2. The van der Waals surface area contributed by atoms with Gasteiger partial charge in [-0.25, -0.2) is 0 Å². The highest BCUT2D eigenvalue weighted by Gasteiger charge is 2.12. The average molecular weight is 392 g/mol. The minimum absolute atomic E-state index is 0.189. The molecule has 1 N–H and O–H groups in total. The Kier molecular flexibility index (Phi) is 6.37. The van der Waals surface area contributed by atoms with Crippen LogP contribution in [0.2, 0.25) is 0 Å². The van der Waals surface area contributed by atoms with E-state index in [4.69, 9.17) is 9.47 Å². The van der Waals surface area contributed by atoms with Crippen LogP contribution in [0.4, 0.5) is 5.69 Å². The van der Waals surface area contributed by atoms with Crippen molar-refractivity contribution in [3.05, 3.63) is 52.0 Å². The molecule has 0 radical (unpaired) electrons. The number of anilines is 1. The number of nitrogens with one attached hydrogen (secondary N) is 1. The molecular weight excluding hydrogens is 374 g/mol. The number of carbonyl (C=O) groups excluding carboxylic acids is 2. The summed E-state index contributed by atoms with van der Waals surface area (Å²) < 4.78 is 11.3. The Morgan fingerprint density at radius 2 is 1.92 bits per heavy atom. The van der Waals surface area contributed by atoms with Crippen LogP contribution in [0.3, 0.4) is 0 Å². The highest BCUT2D eigenvalue weighted by Crippen LogP contribution is 2.32. The molecule has 0 aliphatic heterocycles. The third-order valence-electron chi connectivity index (χ3n) is 3.41. The SMILES string of the molecule is CCc1ccc(NC(=O)COc2cc(C=O)c(Br)cc2OC)cc1. The van der Waals surface area contributed by atoms with E-state index in [1.54, 1.807) is 6.07 Å². The maximum Gasteiger partial charge on any atom is 0.262 e. The van der Waals surface area contributed by atoms with E-state index in [9.17, 15) is 9.59 Å². The second-order valence-corrected chi connectivity index (χ2v) is 5.88. The first-order chi connectivity index (χ1) is 11.6. The van der Waals surface area contributed by atoms with Gasteiger partial charge in [-0.15, -0.1) is 0 Å². The Morgan fingerprint density at radius 3 is 2.50 bits per heavy atom. The van der Waals surface area contributed by atoms with Gasteiger partial charge in [-0.3, -0.25) is 9.59 Å². The van der Waals surface area contributed by atoms with E-state index in [0.29, 0.717) is 33.5 Å². The minimum Gasteiger partial charge on any atom is -0.493 e. The number of benzene rings is 2. The van der Waals surface area contributed by atoms with Gasteiger partial charge < -0.3 is 14.8 Å². The largest absolute Gasteiger partial charge is 0.493 e. The molecule has 0 unspecified atom stereocenters. The molecule has 0 saturated carbocycles. The molecule has 6 heteroatoms. The lowest BCUT2D eigenvalue weighted by atomic mass is 10.1. The highest BCUT2D eigenvalue weighted by atomic mass is 79.9. The molecule has 0 aliphatic rings. The van der Waals surface area contributed by atoms with E-state index in [1.165, 1.54) is 18.7 Å². The van der Waals surface area contributed by atoms with Gasteiger partial charge in [0, 0.05) is 15.7 Å². The van der Waals surface area contributed by atoms with Crippen molar-refractivity contribution in [1.82, 2.24) is 0 Å². The predicted molar refractivity (Wildman–Crippen MR) is 96.0 cm³/mol. The fraction of sp³-hybridized carbons (Fsp3) is 0.222. The zero-order valence-corrected chi connectivity index (χ0v) is 15.1. The third kappa shape index (κ3) is 4.58. The second kappa shape index (κ2) is 8.49. The molecule has 0 atom stereocenters. The van der Waals surface area contributed by atoms with E-state index in [-0.39, 0.29) is 12.5 Å². The van der Waals surface area contributed by atoms with Crippen molar-refractivity contribution >= 4 is 33.8 Å². The second-order valence-electron chi connectivity index (χ2n) is 5.03. The lowest BCUT2D eigenvalue weighted by Crippen LogP contribution is -2.20. The van der Waals surface area contributed by atoms with Crippen molar-refractivity contribution in [3.63, 3.8) is 0 Å². The van der Waals surface area contributed by atoms with E-state index < -0.39 is 0 Å². The van der Waals surface area contributed by atoms with Gasteiger partial charge in [-0.2, -0.15) is 0 Å². The summed E-state index contributed by atoms with van der Waals surface area (Å²) in [4.78, 5) is 23.0. The van der Waals surface area contributed by atoms with Gasteiger partial charge in [0.25, 0.3) is 5.91 Å². The molecule has 0 heterocycles. The zero-order chi connectivity index (χ0) is 17.5. The fourth-order valence-corrected chi connectivity index (χ4v) is 2.49. The van der Waals surface area contributed by atoms with Gasteiger partial charge in [-0.05, 0) is 52.2 Å². The van der Waals surface area contributed by atoms with E-state index in [1.807, 2.05) is 24.3 Å². The molecule has 24 heavy (non-hydrogen) atoms. The van der Waals surface area contributed by atoms with Crippen LogP contribution in [0.25, 0.3) is 0 Å². The summed E-state index contributed by atoms with van der Waals surface area (Å²) in [5.41, 5.74) is 2.32. The predicted octanol–water partition coefficient (Wildman–Crippen LogP) is 3.85. The van der Waals surface area contributed by atoms with E-state index >= 15 is 0 Å². The quantitative estimate of drug-likeness (QED) is 0.727. The van der Waals surface area contributed by atoms with Crippen LogP contribution >= 0.6 is 15.9 Å².